The number of hydrogen-bond donors (Lipinski definition) is 2. The van der Waals surface area contributed by atoms with Crippen molar-refractivity contribution >= 4 is 22.8 Å². The quantitative estimate of drug-likeness (QED) is 0.572. The highest BCUT2D eigenvalue weighted by Gasteiger charge is 2.41. The second kappa shape index (κ2) is 10.1. The average molecular weight is 445 g/mol. The van der Waals surface area contributed by atoms with Crippen molar-refractivity contribution < 1.29 is 24.2 Å². The Balaban J connectivity index is 2.01. The number of aliphatic carboxylic acids is 1. The van der Waals surface area contributed by atoms with Crippen LogP contribution in [0.4, 0.5) is 0 Å². The second-order valence-corrected chi connectivity index (χ2v) is 8.41. The smallest absolute Gasteiger partial charge is 0.329 e. The molecular formula is C24H32N2O6. The molecule has 8 nitrogen and oxygen atoms in total. The molecule has 1 saturated carbocycles. The summed E-state index contributed by atoms with van der Waals surface area (Å²) in [5.41, 5.74) is -1.40. The van der Waals surface area contributed by atoms with E-state index in [1.807, 2.05) is 0 Å². The summed E-state index contributed by atoms with van der Waals surface area (Å²) in [6.45, 7) is 2.59. The minimum absolute atomic E-state index is 0.0895. The predicted octanol–water partition coefficient (Wildman–Crippen LogP) is 3.63. The van der Waals surface area contributed by atoms with Crippen LogP contribution in [0.5, 0.6) is 11.5 Å². The molecule has 1 fully saturated rings. The van der Waals surface area contributed by atoms with E-state index in [2.05, 4.69) is 12.2 Å². The van der Waals surface area contributed by atoms with Crippen molar-refractivity contribution in [2.24, 2.45) is 7.05 Å². The first-order valence-corrected chi connectivity index (χ1v) is 11.2. The number of fused-ring (bicyclic) bond motifs is 1. The molecule has 1 aromatic carbocycles. The molecule has 32 heavy (non-hydrogen) atoms. The average Bonchev–Trinajstić information content (AvgIpc) is 2.79. The van der Waals surface area contributed by atoms with Gasteiger partial charge in [-0.1, -0.05) is 39.0 Å². The van der Waals surface area contributed by atoms with Gasteiger partial charge in [-0.3, -0.25) is 9.59 Å². The lowest BCUT2D eigenvalue weighted by atomic mass is 9.81. The molecule has 0 unspecified atom stereocenters. The summed E-state index contributed by atoms with van der Waals surface area (Å²) in [4.78, 5) is 38.1. The molecule has 174 valence electrons. The topological polar surface area (TPSA) is 107 Å². The first-order valence-electron chi connectivity index (χ1n) is 11.2. The number of methoxy groups -OCH3 is 1. The van der Waals surface area contributed by atoms with Gasteiger partial charge in [0.25, 0.3) is 11.5 Å². The number of hydrogen-bond acceptors (Lipinski definition) is 5. The number of amides is 1. The van der Waals surface area contributed by atoms with Crippen molar-refractivity contribution in [3.63, 3.8) is 0 Å². The molecular weight excluding hydrogens is 412 g/mol. The Morgan fingerprint density at radius 3 is 2.53 bits per heavy atom. The molecule has 1 amide bonds. The standard InChI is InChI=1S/C24H32N2O6/c1-4-5-9-14-32-20-18(31-3)11-10-16-15-17(22(28)26(2)19(16)20)21(27)25-24(23(29)30)12-7-6-8-13-24/h10-11,15H,4-9,12-14H2,1-3H3,(H,25,27)(H,29,30). The van der Waals surface area contributed by atoms with Gasteiger partial charge in [0.2, 0.25) is 0 Å². The molecule has 0 radical (unpaired) electrons. The number of nitrogens with one attached hydrogen (secondary N) is 1. The van der Waals surface area contributed by atoms with E-state index >= 15 is 0 Å². The minimum Gasteiger partial charge on any atom is -0.493 e. The highest BCUT2D eigenvalue weighted by molar-refractivity contribution is 6.01. The molecule has 0 spiro atoms. The first kappa shape index (κ1) is 23.6. The molecule has 1 aliphatic carbocycles. The maximum Gasteiger partial charge on any atom is 0.329 e. The lowest BCUT2D eigenvalue weighted by Crippen LogP contribution is -2.56. The third-order valence-electron chi connectivity index (χ3n) is 6.22. The minimum atomic E-state index is -1.33. The fourth-order valence-corrected chi connectivity index (χ4v) is 4.35. The van der Waals surface area contributed by atoms with Crippen molar-refractivity contribution in [2.75, 3.05) is 13.7 Å². The van der Waals surface area contributed by atoms with Gasteiger partial charge in [-0.05, 0) is 37.5 Å². The molecule has 0 bridgehead atoms. The lowest BCUT2D eigenvalue weighted by molar-refractivity contribution is -0.145. The van der Waals surface area contributed by atoms with E-state index < -0.39 is 23.0 Å². The Labute approximate surface area is 187 Å². The zero-order chi connectivity index (χ0) is 23.3. The number of aryl methyl sites for hydroxylation is 1. The summed E-state index contributed by atoms with van der Waals surface area (Å²) >= 11 is 0. The molecule has 2 aromatic rings. The Bertz CT molecular complexity index is 1050. The van der Waals surface area contributed by atoms with Crippen LogP contribution in [-0.4, -0.2) is 40.8 Å². The van der Waals surface area contributed by atoms with Crippen molar-refractivity contribution in [1.82, 2.24) is 9.88 Å². The zero-order valence-electron chi connectivity index (χ0n) is 19.0. The maximum atomic E-state index is 13.1. The number of rotatable bonds is 9. The lowest BCUT2D eigenvalue weighted by Gasteiger charge is -2.33. The van der Waals surface area contributed by atoms with Crippen molar-refractivity contribution in [3.05, 3.63) is 34.1 Å². The van der Waals surface area contributed by atoms with Crippen LogP contribution >= 0.6 is 0 Å². The third-order valence-corrected chi connectivity index (χ3v) is 6.22. The van der Waals surface area contributed by atoms with Crippen LogP contribution in [0.25, 0.3) is 10.9 Å². The van der Waals surface area contributed by atoms with Gasteiger partial charge >= 0.3 is 5.97 Å². The fraction of sp³-hybridized carbons (Fsp3) is 0.542. The van der Waals surface area contributed by atoms with Gasteiger partial charge in [-0.2, -0.15) is 0 Å². The fourth-order valence-electron chi connectivity index (χ4n) is 4.35. The Hall–Kier alpha value is -3.03. The molecule has 1 aromatic heterocycles. The Morgan fingerprint density at radius 1 is 1.19 bits per heavy atom. The van der Waals surface area contributed by atoms with Gasteiger partial charge in [0, 0.05) is 12.4 Å². The number of nitrogens with zero attached hydrogens (tertiary/aromatic N) is 1. The molecule has 2 N–H and O–H groups in total. The van der Waals surface area contributed by atoms with E-state index in [-0.39, 0.29) is 5.56 Å². The SMILES string of the molecule is CCCCCOc1c(OC)ccc2cc(C(=O)NC3(C(=O)O)CCCCC3)c(=O)n(C)c12. The van der Waals surface area contributed by atoms with Gasteiger partial charge in [0.15, 0.2) is 11.5 Å². The van der Waals surface area contributed by atoms with Gasteiger partial charge in [-0.15, -0.1) is 0 Å². The monoisotopic (exact) mass is 444 g/mol. The number of unbranched alkanes of at least 4 members (excludes halogenated alkanes) is 2. The molecule has 0 aliphatic heterocycles. The van der Waals surface area contributed by atoms with Crippen LogP contribution in [0, 0.1) is 0 Å². The van der Waals surface area contributed by atoms with Gasteiger partial charge < -0.3 is 24.5 Å². The van der Waals surface area contributed by atoms with Gasteiger partial charge in [0.05, 0.1) is 19.2 Å². The van der Waals surface area contributed by atoms with Gasteiger partial charge in [0.1, 0.15) is 11.1 Å². The molecule has 0 saturated heterocycles. The van der Waals surface area contributed by atoms with Crippen LogP contribution in [0.15, 0.2) is 23.0 Å². The first-order chi connectivity index (χ1) is 15.3. The zero-order valence-corrected chi connectivity index (χ0v) is 19.0. The number of pyridine rings is 1. The number of carbonyl (C=O) groups excluding carboxylic acids is 1. The molecule has 1 heterocycles. The van der Waals surface area contributed by atoms with Crippen LogP contribution < -0.4 is 20.3 Å². The molecule has 1 aliphatic rings. The second-order valence-electron chi connectivity index (χ2n) is 8.41. The number of benzene rings is 1. The van der Waals surface area contributed by atoms with Crippen molar-refractivity contribution in [1.29, 1.82) is 0 Å². The predicted molar refractivity (Wildman–Crippen MR) is 122 cm³/mol. The molecule has 0 atom stereocenters. The van der Waals surface area contributed by atoms with E-state index in [1.54, 1.807) is 19.2 Å². The number of carboxylic acid groups (broad SMARTS) is 1. The van der Waals surface area contributed by atoms with E-state index in [0.717, 1.165) is 38.5 Å². The van der Waals surface area contributed by atoms with Crippen molar-refractivity contribution in [2.45, 2.75) is 63.8 Å². The number of aromatic nitrogens is 1. The van der Waals surface area contributed by atoms with E-state index in [9.17, 15) is 19.5 Å². The number of carbonyl (C=O) groups is 2. The van der Waals surface area contributed by atoms with Crippen LogP contribution in [0.2, 0.25) is 0 Å². The highest BCUT2D eigenvalue weighted by atomic mass is 16.5. The van der Waals surface area contributed by atoms with Crippen LogP contribution in [-0.2, 0) is 11.8 Å². The number of ether oxygens (including phenoxy) is 2. The van der Waals surface area contributed by atoms with Crippen molar-refractivity contribution in [3.8, 4) is 11.5 Å². The summed E-state index contributed by atoms with van der Waals surface area (Å²) in [5.74, 6) is -0.760. The summed E-state index contributed by atoms with van der Waals surface area (Å²) in [7, 11) is 3.11. The van der Waals surface area contributed by atoms with E-state index in [0.29, 0.717) is 41.9 Å². The van der Waals surface area contributed by atoms with E-state index in [4.69, 9.17) is 9.47 Å². The Morgan fingerprint density at radius 2 is 1.91 bits per heavy atom. The maximum absolute atomic E-state index is 13.1. The molecule has 8 heteroatoms. The molecule has 3 rings (SSSR count). The van der Waals surface area contributed by atoms with Gasteiger partial charge in [-0.25, -0.2) is 4.79 Å². The summed E-state index contributed by atoms with van der Waals surface area (Å²) in [6.07, 6.45) is 6.06. The summed E-state index contributed by atoms with van der Waals surface area (Å²) in [5, 5.41) is 13.1. The number of carboxylic acids is 1. The largest absolute Gasteiger partial charge is 0.493 e. The third kappa shape index (κ3) is 4.59. The summed E-state index contributed by atoms with van der Waals surface area (Å²) < 4.78 is 12.8. The highest BCUT2D eigenvalue weighted by Crippen LogP contribution is 2.35. The Kier molecular flexibility index (Phi) is 7.43. The van der Waals surface area contributed by atoms with Crippen LogP contribution in [0.3, 0.4) is 0 Å². The summed E-state index contributed by atoms with van der Waals surface area (Å²) in [6, 6.07) is 5.00. The van der Waals surface area contributed by atoms with Crippen LogP contribution in [0.1, 0.15) is 68.6 Å². The normalized spacial score (nSPS) is 15.3. The van der Waals surface area contributed by atoms with E-state index in [1.165, 1.54) is 17.7 Å².